The molecule has 6 heteroatoms. The lowest BCUT2D eigenvalue weighted by molar-refractivity contribution is -0.918. The van der Waals surface area contributed by atoms with Crippen molar-refractivity contribution in [3.63, 3.8) is 0 Å². The number of nitrogens with one attached hydrogen (secondary N) is 1. The van der Waals surface area contributed by atoms with Crippen LogP contribution in [0.15, 0.2) is 67.3 Å². The highest BCUT2D eigenvalue weighted by Crippen LogP contribution is 2.54. The highest BCUT2D eigenvalue weighted by molar-refractivity contribution is 5.67. The molecule has 1 amide bonds. The van der Waals surface area contributed by atoms with Gasteiger partial charge in [-0.3, -0.25) is 0 Å². The molecule has 0 spiro atoms. The highest BCUT2D eigenvalue weighted by atomic mass is 16.5. The third-order valence-corrected chi connectivity index (χ3v) is 8.20. The van der Waals surface area contributed by atoms with Crippen LogP contribution < -0.4 is 10.1 Å². The molecule has 0 radical (unpaired) electrons. The fourth-order valence-electron chi connectivity index (χ4n) is 6.40. The maximum atomic E-state index is 12.7. The van der Waals surface area contributed by atoms with Gasteiger partial charge in [-0.15, -0.1) is 0 Å². The minimum atomic E-state index is -0.368. The zero-order valence-corrected chi connectivity index (χ0v) is 21.3. The number of fused-ring (bicyclic) bond motifs is 1. The monoisotopic (exact) mass is 479 g/mol. The number of carbonyl (C=O) groups is 1. The zero-order valence-electron chi connectivity index (χ0n) is 21.3. The van der Waals surface area contributed by atoms with Crippen LogP contribution in [0.3, 0.4) is 0 Å². The number of benzene rings is 2. The van der Waals surface area contributed by atoms with Crippen LogP contribution in [0.1, 0.15) is 36.8 Å². The number of likely N-dealkylation sites (tertiary alicyclic amines) is 1. The second-order valence-electron chi connectivity index (χ2n) is 10.4. The minimum absolute atomic E-state index is 0.00371. The summed E-state index contributed by atoms with van der Waals surface area (Å²) >= 11 is 0. The van der Waals surface area contributed by atoms with Crippen LogP contribution in [0.25, 0.3) is 0 Å². The standard InChI is InChI=1S/C29H38N2O4/c1-5-17-31(2)18-16-28(24-12-9-13-26(19-24)33-3)20-25(14-15-29(28,22-31)34-4)30-27(32)35-21-23-10-7-6-8-11-23/h5-13,19,25H,1,14-18,20-22H2,2-4H3/p+1/t25-,28+,29?,31+/m1/s1. The van der Waals surface area contributed by atoms with E-state index < -0.39 is 0 Å². The fraction of sp³-hybridized carbons (Fsp3) is 0.483. The first kappa shape index (κ1) is 25.3. The number of piperidine rings is 1. The van der Waals surface area contributed by atoms with E-state index in [1.54, 1.807) is 7.11 Å². The minimum Gasteiger partial charge on any atom is -0.497 e. The Bertz CT molecular complexity index is 1030. The molecule has 1 aliphatic heterocycles. The summed E-state index contributed by atoms with van der Waals surface area (Å²) in [5.74, 6) is 0.841. The van der Waals surface area contributed by atoms with Crippen molar-refractivity contribution in [2.24, 2.45) is 0 Å². The van der Waals surface area contributed by atoms with E-state index in [0.717, 1.165) is 61.1 Å². The molecule has 1 saturated carbocycles. The number of carbonyl (C=O) groups excluding carboxylic acids is 1. The van der Waals surface area contributed by atoms with Gasteiger partial charge >= 0.3 is 6.09 Å². The quantitative estimate of drug-likeness (QED) is 0.435. The number of rotatable bonds is 8. The number of amides is 1. The molecule has 35 heavy (non-hydrogen) atoms. The van der Waals surface area contributed by atoms with E-state index in [1.807, 2.05) is 49.6 Å². The molecule has 2 fully saturated rings. The molecule has 2 aliphatic rings. The molecule has 1 unspecified atom stereocenters. The normalized spacial score (nSPS) is 30.1. The maximum Gasteiger partial charge on any atom is 0.407 e. The number of quaternary nitrogens is 1. The summed E-state index contributed by atoms with van der Waals surface area (Å²) in [5, 5.41) is 3.16. The van der Waals surface area contributed by atoms with E-state index in [4.69, 9.17) is 14.2 Å². The van der Waals surface area contributed by atoms with Gasteiger partial charge in [-0.2, -0.15) is 0 Å². The van der Waals surface area contributed by atoms with Crippen molar-refractivity contribution >= 4 is 6.09 Å². The Hall–Kier alpha value is -2.83. The Labute approximate surface area is 209 Å². The van der Waals surface area contributed by atoms with E-state index in [0.29, 0.717) is 0 Å². The largest absolute Gasteiger partial charge is 0.497 e. The fourth-order valence-corrected chi connectivity index (χ4v) is 6.40. The number of ether oxygens (including phenoxy) is 3. The van der Waals surface area contributed by atoms with Crippen LogP contribution in [0.5, 0.6) is 5.75 Å². The van der Waals surface area contributed by atoms with Gasteiger partial charge in [-0.1, -0.05) is 49.0 Å². The second-order valence-corrected chi connectivity index (χ2v) is 10.4. The zero-order chi connectivity index (χ0) is 24.9. The number of methoxy groups -OCH3 is 2. The Morgan fingerprint density at radius 1 is 1.17 bits per heavy atom. The number of alkyl carbamates (subject to hydrolysis) is 1. The molecule has 2 aromatic carbocycles. The maximum absolute atomic E-state index is 12.7. The Balaban J connectivity index is 1.59. The van der Waals surface area contributed by atoms with Gasteiger partial charge in [0.25, 0.3) is 0 Å². The van der Waals surface area contributed by atoms with E-state index >= 15 is 0 Å². The molecule has 2 aromatic rings. The van der Waals surface area contributed by atoms with Gasteiger partial charge in [0.05, 0.1) is 27.2 Å². The van der Waals surface area contributed by atoms with Crippen LogP contribution in [0.4, 0.5) is 4.79 Å². The van der Waals surface area contributed by atoms with Gasteiger partial charge in [0.15, 0.2) is 0 Å². The molecule has 6 nitrogen and oxygen atoms in total. The smallest absolute Gasteiger partial charge is 0.407 e. The van der Waals surface area contributed by atoms with Gasteiger partial charge in [-0.25, -0.2) is 4.79 Å². The molecule has 1 saturated heterocycles. The lowest BCUT2D eigenvalue weighted by Gasteiger charge is -2.61. The summed E-state index contributed by atoms with van der Waals surface area (Å²) in [6, 6.07) is 18.1. The van der Waals surface area contributed by atoms with Gasteiger partial charge in [0.2, 0.25) is 0 Å². The number of hydrogen-bond acceptors (Lipinski definition) is 4. The molecule has 0 bridgehead atoms. The molecular formula is C29H39N2O4+. The molecular weight excluding hydrogens is 440 g/mol. The second kappa shape index (κ2) is 10.4. The van der Waals surface area contributed by atoms with Crippen LogP contribution in [0.2, 0.25) is 0 Å². The first-order valence-electron chi connectivity index (χ1n) is 12.5. The lowest BCUT2D eigenvalue weighted by Crippen LogP contribution is -2.72. The van der Waals surface area contributed by atoms with Gasteiger partial charge in [0.1, 0.15) is 24.5 Å². The topological polar surface area (TPSA) is 56.8 Å². The lowest BCUT2D eigenvalue weighted by atomic mass is 9.54. The summed E-state index contributed by atoms with van der Waals surface area (Å²) in [6.45, 7) is 7.09. The highest BCUT2D eigenvalue weighted by Gasteiger charge is 2.62. The Kier molecular flexibility index (Phi) is 7.53. The molecule has 1 N–H and O–H groups in total. The first-order chi connectivity index (χ1) is 16.9. The van der Waals surface area contributed by atoms with Gasteiger partial charge < -0.3 is 24.0 Å². The third kappa shape index (κ3) is 5.09. The van der Waals surface area contributed by atoms with Crippen molar-refractivity contribution in [3.05, 3.63) is 78.4 Å². The van der Waals surface area contributed by atoms with Crippen LogP contribution in [0, 0.1) is 0 Å². The van der Waals surface area contributed by atoms with Crippen molar-refractivity contribution in [1.82, 2.24) is 5.32 Å². The van der Waals surface area contributed by atoms with Crippen molar-refractivity contribution in [2.45, 2.75) is 49.3 Å². The summed E-state index contributed by atoms with van der Waals surface area (Å²) in [4.78, 5) is 12.7. The average molecular weight is 480 g/mol. The predicted octanol–water partition coefficient (Wildman–Crippen LogP) is 4.83. The Morgan fingerprint density at radius 3 is 2.69 bits per heavy atom. The van der Waals surface area contributed by atoms with Crippen molar-refractivity contribution in [1.29, 1.82) is 0 Å². The SMILES string of the molecule is C=CC[N@@+]1(C)CC[C@@]2(c3cccc(OC)c3)C[C@H](NC(=O)OCc3ccccc3)CCC2(OC)C1. The van der Waals surface area contributed by atoms with E-state index in [-0.39, 0.29) is 29.8 Å². The third-order valence-electron chi connectivity index (χ3n) is 8.20. The molecule has 1 heterocycles. The number of hydrogen-bond donors (Lipinski definition) is 1. The van der Waals surface area contributed by atoms with Crippen molar-refractivity contribution in [2.75, 3.05) is 40.9 Å². The summed E-state index contributed by atoms with van der Waals surface area (Å²) in [5.41, 5.74) is 1.60. The molecule has 0 aromatic heterocycles. The number of likely N-dealkylation sites (N-methyl/N-ethyl adjacent to an activating group) is 1. The van der Waals surface area contributed by atoms with Crippen molar-refractivity contribution < 1.29 is 23.5 Å². The van der Waals surface area contributed by atoms with Gasteiger partial charge in [-0.05, 0) is 48.6 Å². The van der Waals surface area contributed by atoms with Crippen LogP contribution in [-0.2, 0) is 21.5 Å². The Morgan fingerprint density at radius 2 is 1.97 bits per heavy atom. The van der Waals surface area contributed by atoms with Gasteiger partial charge in [0, 0.05) is 25.0 Å². The molecule has 4 rings (SSSR count). The van der Waals surface area contributed by atoms with E-state index in [2.05, 4.69) is 37.1 Å². The van der Waals surface area contributed by atoms with E-state index in [9.17, 15) is 4.79 Å². The first-order valence-corrected chi connectivity index (χ1v) is 12.5. The number of nitrogens with zero attached hydrogens (tertiary/aromatic N) is 1. The summed E-state index contributed by atoms with van der Waals surface area (Å²) in [7, 11) is 5.84. The van der Waals surface area contributed by atoms with Crippen LogP contribution in [-0.4, -0.2) is 63.1 Å². The molecule has 4 atom stereocenters. The van der Waals surface area contributed by atoms with Crippen molar-refractivity contribution in [3.8, 4) is 5.75 Å². The predicted molar refractivity (Wildman–Crippen MR) is 137 cm³/mol. The van der Waals surface area contributed by atoms with Crippen LogP contribution >= 0.6 is 0 Å². The summed E-state index contributed by atoms with van der Waals surface area (Å²) < 4.78 is 18.5. The summed E-state index contributed by atoms with van der Waals surface area (Å²) in [6.07, 6.45) is 5.09. The molecule has 188 valence electrons. The average Bonchev–Trinajstić information content (AvgIpc) is 2.88. The van der Waals surface area contributed by atoms with E-state index in [1.165, 1.54) is 5.56 Å². The molecule has 1 aliphatic carbocycles.